The molecule has 0 unspecified atom stereocenters. The molecule has 0 aliphatic carbocycles. The molecule has 96 valence electrons. The van der Waals surface area contributed by atoms with E-state index >= 15 is 0 Å². The van der Waals surface area contributed by atoms with Gasteiger partial charge in [-0.25, -0.2) is 4.98 Å². The van der Waals surface area contributed by atoms with Crippen LogP contribution in [0.15, 0.2) is 11.4 Å². The lowest BCUT2D eigenvalue weighted by atomic mass is 10.4. The standard InChI is InChI=1S/C8H11N7OS2/c1-11-8(18)4(6(10)17)14-15-7-3(5(9)16)12-2-13-7/h2,15H,1H3,(H2,9,16)(H2,10,17)(H,11,18)(H,12,13). The van der Waals surface area contributed by atoms with E-state index < -0.39 is 5.91 Å². The molecule has 10 heteroatoms. The van der Waals surface area contributed by atoms with Gasteiger partial charge in [-0.15, -0.1) is 0 Å². The van der Waals surface area contributed by atoms with Gasteiger partial charge in [0.15, 0.2) is 11.5 Å². The molecule has 8 nitrogen and oxygen atoms in total. The highest BCUT2D eigenvalue weighted by Crippen LogP contribution is 2.08. The van der Waals surface area contributed by atoms with E-state index in [1.807, 2.05) is 0 Å². The molecule has 0 aliphatic rings. The molecule has 0 radical (unpaired) electrons. The van der Waals surface area contributed by atoms with Crippen molar-refractivity contribution in [1.82, 2.24) is 15.3 Å². The molecule has 1 aromatic rings. The Bertz CT molecular complexity index is 521. The summed E-state index contributed by atoms with van der Waals surface area (Å²) in [6.07, 6.45) is 1.30. The summed E-state index contributed by atoms with van der Waals surface area (Å²) in [5, 5.41) is 6.57. The lowest BCUT2D eigenvalue weighted by Gasteiger charge is -2.06. The lowest BCUT2D eigenvalue weighted by Crippen LogP contribution is -2.36. The Hall–Kier alpha value is -2.07. The Morgan fingerprint density at radius 1 is 1.50 bits per heavy atom. The highest BCUT2D eigenvalue weighted by Gasteiger charge is 2.12. The second kappa shape index (κ2) is 6.02. The van der Waals surface area contributed by atoms with E-state index in [9.17, 15) is 4.79 Å². The molecule has 0 atom stereocenters. The number of primary amides is 1. The average molecular weight is 285 g/mol. The molecule has 1 rings (SSSR count). The molecule has 0 bridgehead atoms. The zero-order chi connectivity index (χ0) is 13.7. The molecular formula is C8H11N7OS2. The maximum atomic E-state index is 11.0. The van der Waals surface area contributed by atoms with Crippen LogP contribution in [-0.2, 0) is 0 Å². The van der Waals surface area contributed by atoms with Gasteiger partial charge in [-0.05, 0) is 0 Å². The third-order valence-corrected chi connectivity index (χ3v) is 2.43. The normalized spacial score (nSPS) is 10.8. The number of nitrogens with zero attached hydrogens (tertiary/aromatic N) is 2. The van der Waals surface area contributed by atoms with Crippen LogP contribution in [0.3, 0.4) is 0 Å². The molecule has 1 heterocycles. The van der Waals surface area contributed by atoms with Crippen LogP contribution in [0.2, 0.25) is 0 Å². The number of nitrogens with two attached hydrogens (primary N) is 2. The fourth-order valence-electron chi connectivity index (χ4n) is 1.01. The van der Waals surface area contributed by atoms with Crippen molar-refractivity contribution in [2.45, 2.75) is 0 Å². The number of aromatic nitrogens is 2. The second-order valence-corrected chi connectivity index (χ2v) is 3.85. The summed E-state index contributed by atoms with van der Waals surface area (Å²) in [6.45, 7) is 0. The van der Waals surface area contributed by atoms with E-state index in [1.165, 1.54) is 6.33 Å². The number of H-pyrrole nitrogens is 1. The Kier molecular flexibility index (Phi) is 4.68. The van der Waals surface area contributed by atoms with Gasteiger partial charge in [-0.2, -0.15) is 5.10 Å². The van der Waals surface area contributed by atoms with E-state index in [4.69, 9.17) is 35.9 Å². The highest BCUT2D eigenvalue weighted by atomic mass is 32.1. The molecule has 1 aromatic heterocycles. The fourth-order valence-corrected chi connectivity index (χ4v) is 1.38. The number of aromatic amines is 1. The van der Waals surface area contributed by atoms with Gasteiger partial charge in [0.2, 0.25) is 0 Å². The molecule has 0 saturated carbocycles. The summed E-state index contributed by atoms with van der Waals surface area (Å²) in [5.41, 5.74) is 13.4. The fraction of sp³-hybridized carbons (Fsp3) is 0.125. The van der Waals surface area contributed by atoms with Crippen LogP contribution in [0.1, 0.15) is 10.5 Å². The van der Waals surface area contributed by atoms with Gasteiger partial charge in [0.25, 0.3) is 5.91 Å². The molecule has 1 amide bonds. The smallest absolute Gasteiger partial charge is 0.269 e. The summed E-state index contributed by atoms with van der Waals surface area (Å²) < 4.78 is 0. The van der Waals surface area contributed by atoms with E-state index in [2.05, 4.69) is 25.8 Å². The number of hydrazone groups is 1. The predicted octanol–water partition coefficient (Wildman–Crippen LogP) is -0.891. The molecule has 0 aromatic carbocycles. The number of carbonyl (C=O) groups excluding carboxylic acids is 1. The minimum atomic E-state index is -0.668. The molecule has 7 N–H and O–H groups in total. The van der Waals surface area contributed by atoms with Crippen molar-refractivity contribution in [2.75, 3.05) is 12.5 Å². The molecule has 18 heavy (non-hydrogen) atoms. The number of nitrogens with one attached hydrogen (secondary N) is 3. The van der Waals surface area contributed by atoms with Crippen molar-refractivity contribution in [2.24, 2.45) is 16.6 Å². The zero-order valence-corrected chi connectivity index (χ0v) is 11.0. The van der Waals surface area contributed by atoms with E-state index in [0.717, 1.165) is 0 Å². The van der Waals surface area contributed by atoms with Crippen LogP contribution in [0.5, 0.6) is 0 Å². The van der Waals surface area contributed by atoms with Gasteiger partial charge < -0.3 is 21.8 Å². The van der Waals surface area contributed by atoms with Crippen LogP contribution >= 0.6 is 24.4 Å². The first kappa shape index (κ1) is 14.0. The van der Waals surface area contributed by atoms with Crippen molar-refractivity contribution in [3.05, 3.63) is 12.0 Å². The topological polar surface area (TPSA) is 134 Å². The SMILES string of the molecule is CNC(=S)C(=NNc1nc[nH]c1C(N)=O)C(N)=S. The monoisotopic (exact) mass is 285 g/mol. The van der Waals surface area contributed by atoms with Crippen LogP contribution in [0.25, 0.3) is 0 Å². The number of amides is 1. The van der Waals surface area contributed by atoms with Gasteiger partial charge in [0, 0.05) is 7.05 Å². The van der Waals surface area contributed by atoms with Crippen molar-refractivity contribution in [3.63, 3.8) is 0 Å². The van der Waals surface area contributed by atoms with Gasteiger partial charge in [0.05, 0.1) is 6.33 Å². The first-order valence-corrected chi connectivity index (χ1v) is 5.47. The van der Waals surface area contributed by atoms with Crippen molar-refractivity contribution in [1.29, 1.82) is 0 Å². The van der Waals surface area contributed by atoms with Gasteiger partial charge in [-0.1, -0.05) is 24.4 Å². The van der Waals surface area contributed by atoms with Gasteiger partial charge >= 0.3 is 0 Å². The molecule has 0 fully saturated rings. The lowest BCUT2D eigenvalue weighted by molar-refractivity contribution is 0.0997. The minimum absolute atomic E-state index is 0.0120. The summed E-state index contributed by atoms with van der Waals surface area (Å²) in [4.78, 5) is 17.7. The average Bonchev–Trinajstić information content (AvgIpc) is 2.76. The summed E-state index contributed by atoms with van der Waals surface area (Å²) in [5.74, 6) is -0.506. The number of carbonyl (C=O) groups is 1. The first-order chi connectivity index (χ1) is 8.47. The maximum Gasteiger partial charge on any atom is 0.269 e. The zero-order valence-electron chi connectivity index (χ0n) is 9.35. The summed E-state index contributed by atoms with van der Waals surface area (Å²) >= 11 is 9.76. The van der Waals surface area contributed by atoms with E-state index in [1.54, 1.807) is 7.05 Å². The quantitative estimate of drug-likeness (QED) is 0.269. The Morgan fingerprint density at radius 2 is 2.17 bits per heavy atom. The van der Waals surface area contributed by atoms with Gasteiger partial charge in [0.1, 0.15) is 15.7 Å². The van der Waals surface area contributed by atoms with Crippen molar-refractivity contribution >= 4 is 51.8 Å². The molecule has 0 aliphatic heterocycles. The predicted molar refractivity (Wildman–Crippen MR) is 76.6 cm³/mol. The van der Waals surface area contributed by atoms with Gasteiger partial charge in [-0.3, -0.25) is 10.2 Å². The van der Waals surface area contributed by atoms with Crippen LogP contribution in [0, 0.1) is 0 Å². The summed E-state index contributed by atoms with van der Waals surface area (Å²) in [7, 11) is 1.61. The Balaban J connectivity index is 2.95. The number of imidazole rings is 1. The van der Waals surface area contributed by atoms with Crippen LogP contribution < -0.4 is 22.2 Å². The second-order valence-electron chi connectivity index (χ2n) is 3.01. The Morgan fingerprint density at radius 3 is 2.67 bits per heavy atom. The molecule has 0 saturated heterocycles. The maximum absolute atomic E-state index is 11.0. The minimum Gasteiger partial charge on any atom is -0.388 e. The number of hydrogen-bond acceptors (Lipinski definition) is 6. The number of anilines is 1. The largest absolute Gasteiger partial charge is 0.388 e. The van der Waals surface area contributed by atoms with Crippen molar-refractivity contribution < 1.29 is 4.79 Å². The van der Waals surface area contributed by atoms with Crippen LogP contribution in [-0.4, -0.2) is 38.6 Å². The number of hydrogen-bond donors (Lipinski definition) is 5. The summed E-state index contributed by atoms with van der Waals surface area (Å²) in [6, 6.07) is 0. The van der Waals surface area contributed by atoms with E-state index in [0.29, 0.717) is 0 Å². The highest BCUT2D eigenvalue weighted by molar-refractivity contribution is 7.85. The van der Waals surface area contributed by atoms with Crippen molar-refractivity contribution in [3.8, 4) is 0 Å². The number of thiocarbonyl (C=S) groups is 2. The first-order valence-electron chi connectivity index (χ1n) is 4.66. The molecule has 0 spiro atoms. The molecular weight excluding hydrogens is 274 g/mol. The third-order valence-electron chi connectivity index (χ3n) is 1.83. The van der Waals surface area contributed by atoms with Crippen LogP contribution in [0.4, 0.5) is 5.82 Å². The Labute approximate surface area is 113 Å². The third kappa shape index (κ3) is 3.21. The number of rotatable bonds is 5. The van der Waals surface area contributed by atoms with E-state index in [-0.39, 0.29) is 27.2 Å².